The maximum Gasteiger partial charge on any atom is 0.175 e. The van der Waals surface area contributed by atoms with Crippen molar-refractivity contribution < 1.29 is 13.9 Å². The Kier molecular flexibility index (Phi) is 4.05. The molecular formula is C13H15FO2S. The first-order valence-electron chi connectivity index (χ1n) is 5.71. The monoisotopic (exact) mass is 254 g/mol. The molecule has 2 nitrogen and oxygen atoms in total. The lowest BCUT2D eigenvalue weighted by atomic mass is 10.0. The SMILES string of the molecule is COc1cc(C(=O)C2CCCCS2)ccc1F. The number of hydrogen-bond acceptors (Lipinski definition) is 3. The summed E-state index contributed by atoms with van der Waals surface area (Å²) < 4.78 is 18.1. The molecule has 0 bridgehead atoms. The second-order valence-corrected chi connectivity index (χ2v) is 5.38. The Morgan fingerprint density at radius 1 is 1.47 bits per heavy atom. The summed E-state index contributed by atoms with van der Waals surface area (Å²) in [7, 11) is 1.40. The van der Waals surface area contributed by atoms with E-state index in [2.05, 4.69) is 0 Å². The zero-order valence-electron chi connectivity index (χ0n) is 9.74. The van der Waals surface area contributed by atoms with Gasteiger partial charge in [0.05, 0.1) is 12.4 Å². The van der Waals surface area contributed by atoms with Gasteiger partial charge in [0.15, 0.2) is 17.3 Å². The fraction of sp³-hybridized carbons (Fsp3) is 0.462. The summed E-state index contributed by atoms with van der Waals surface area (Å²) in [5.41, 5.74) is 0.544. The molecule has 0 saturated carbocycles. The molecule has 1 saturated heterocycles. The lowest BCUT2D eigenvalue weighted by molar-refractivity contribution is 0.0984. The van der Waals surface area contributed by atoms with Gasteiger partial charge in [-0.2, -0.15) is 11.8 Å². The van der Waals surface area contributed by atoms with Crippen LogP contribution in [0.15, 0.2) is 18.2 Å². The van der Waals surface area contributed by atoms with Gasteiger partial charge in [0.1, 0.15) is 0 Å². The second-order valence-electron chi connectivity index (χ2n) is 4.07. The van der Waals surface area contributed by atoms with Crippen LogP contribution in [-0.4, -0.2) is 23.9 Å². The highest BCUT2D eigenvalue weighted by Crippen LogP contribution is 2.29. The van der Waals surface area contributed by atoms with Gasteiger partial charge >= 0.3 is 0 Å². The Balaban J connectivity index is 2.18. The predicted molar refractivity (Wildman–Crippen MR) is 67.4 cm³/mol. The van der Waals surface area contributed by atoms with Gasteiger partial charge < -0.3 is 4.74 Å². The fourth-order valence-corrected chi connectivity index (χ4v) is 3.22. The van der Waals surface area contributed by atoms with Gasteiger partial charge in [-0.15, -0.1) is 0 Å². The Labute approximate surface area is 105 Å². The minimum atomic E-state index is -0.430. The zero-order valence-corrected chi connectivity index (χ0v) is 10.6. The summed E-state index contributed by atoms with van der Waals surface area (Å²) in [6.45, 7) is 0. The lowest BCUT2D eigenvalue weighted by Crippen LogP contribution is -2.21. The van der Waals surface area contributed by atoms with Crippen molar-refractivity contribution in [3.63, 3.8) is 0 Å². The van der Waals surface area contributed by atoms with Crippen LogP contribution in [-0.2, 0) is 0 Å². The van der Waals surface area contributed by atoms with Crippen molar-refractivity contribution in [2.24, 2.45) is 0 Å². The largest absolute Gasteiger partial charge is 0.494 e. The number of ether oxygens (including phenoxy) is 1. The maximum atomic E-state index is 13.2. The predicted octanol–water partition coefficient (Wildman–Crippen LogP) is 3.30. The molecule has 92 valence electrons. The van der Waals surface area contributed by atoms with E-state index < -0.39 is 5.82 Å². The summed E-state index contributed by atoms with van der Waals surface area (Å²) in [6.07, 6.45) is 3.20. The lowest BCUT2D eigenvalue weighted by Gasteiger charge is -2.20. The van der Waals surface area contributed by atoms with Crippen LogP contribution in [0.2, 0.25) is 0 Å². The van der Waals surface area contributed by atoms with Crippen LogP contribution in [0.1, 0.15) is 29.6 Å². The molecule has 1 atom stereocenters. The van der Waals surface area contributed by atoms with Crippen molar-refractivity contribution in [3.05, 3.63) is 29.6 Å². The molecular weight excluding hydrogens is 239 g/mol. The molecule has 1 unspecified atom stereocenters. The van der Waals surface area contributed by atoms with Crippen molar-refractivity contribution in [3.8, 4) is 5.75 Å². The van der Waals surface area contributed by atoms with E-state index in [9.17, 15) is 9.18 Å². The Morgan fingerprint density at radius 3 is 2.94 bits per heavy atom. The van der Waals surface area contributed by atoms with Crippen LogP contribution in [0.4, 0.5) is 4.39 Å². The number of thioether (sulfide) groups is 1. The van der Waals surface area contributed by atoms with Gasteiger partial charge in [0.25, 0.3) is 0 Å². The first kappa shape index (κ1) is 12.4. The number of rotatable bonds is 3. The van der Waals surface area contributed by atoms with Crippen molar-refractivity contribution >= 4 is 17.5 Å². The van der Waals surface area contributed by atoms with Crippen LogP contribution >= 0.6 is 11.8 Å². The van der Waals surface area contributed by atoms with E-state index in [1.807, 2.05) is 0 Å². The molecule has 1 fully saturated rings. The molecule has 1 aliphatic heterocycles. The van der Waals surface area contributed by atoms with Crippen molar-refractivity contribution in [2.75, 3.05) is 12.9 Å². The molecule has 0 spiro atoms. The van der Waals surface area contributed by atoms with Crippen LogP contribution < -0.4 is 4.74 Å². The fourth-order valence-electron chi connectivity index (χ4n) is 1.95. The van der Waals surface area contributed by atoms with Gasteiger partial charge in [0, 0.05) is 5.56 Å². The number of carbonyl (C=O) groups is 1. The second kappa shape index (κ2) is 5.54. The smallest absolute Gasteiger partial charge is 0.175 e. The summed E-state index contributed by atoms with van der Waals surface area (Å²) in [5.74, 6) is 0.833. The molecule has 0 amide bonds. The molecule has 17 heavy (non-hydrogen) atoms. The Bertz CT molecular complexity index is 414. The molecule has 0 N–H and O–H groups in total. The first-order chi connectivity index (χ1) is 8.22. The van der Waals surface area contributed by atoms with Crippen molar-refractivity contribution in [2.45, 2.75) is 24.5 Å². The van der Waals surface area contributed by atoms with E-state index in [4.69, 9.17) is 4.74 Å². The molecule has 0 aromatic heterocycles. The molecule has 2 rings (SSSR count). The van der Waals surface area contributed by atoms with E-state index in [1.54, 1.807) is 11.8 Å². The molecule has 1 aromatic rings. The van der Waals surface area contributed by atoms with E-state index in [-0.39, 0.29) is 16.8 Å². The maximum absolute atomic E-state index is 13.2. The van der Waals surface area contributed by atoms with E-state index in [1.165, 1.54) is 31.7 Å². The molecule has 1 heterocycles. The third-order valence-corrected chi connectivity index (χ3v) is 4.28. The van der Waals surface area contributed by atoms with Gasteiger partial charge in [-0.05, 0) is 36.8 Å². The standard InChI is InChI=1S/C13H15FO2S/c1-16-11-8-9(5-6-10(11)14)13(15)12-4-2-3-7-17-12/h5-6,8,12H,2-4,7H2,1H3. The quantitative estimate of drug-likeness (QED) is 0.774. The van der Waals surface area contributed by atoms with Crippen LogP contribution in [0.5, 0.6) is 5.75 Å². The number of halogens is 1. The number of ketones is 1. The average molecular weight is 254 g/mol. The highest BCUT2D eigenvalue weighted by atomic mass is 32.2. The number of carbonyl (C=O) groups excluding carboxylic acids is 1. The summed E-state index contributed by atoms with van der Waals surface area (Å²) in [6, 6.07) is 4.32. The highest BCUT2D eigenvalue weighted by molar-refractivity contribution is 8.00. The minimum absolute atomic E-state index is 0.0268. The molecule has 0 aliphatic carbocycles. The first-order valence-corrected chi connectivity index (χ1v) is 6.76. The molecule has 4 heteroatoms. The molecule has 0 radical (unpaired) electrons. The van der Waals surface area contributed by atoms with Gasteiger partial charge in [-0.1, -0.05) is 6.42 Å². The van der Waals surface area contributed by atoms with Crippen LogP contribution in [0, 0.1) is 5.82 Å². The number of hydrogen-bond donors (Lipinski definition) is 0. The normalized spacial score (nSPS) is 20.0. The van der Waals surface area contributed by atoms with Gasteiger partial charge in [-0.25, -0.2) is 4.39 Å². The molecule has 1 aromatic carbocycles. The van der Waals surface area contributed by atoms with E-state index >= 15 is 0 Å². The van der Waals surface area contributed by atoms with E-state index in [0.29, 0.717) is 5.56 Å². The zero-order chi connectivity index (χ0) is 12.3. The van der Waals surface area contributed by atoms with Gasteiger partial charge in [-0.3, -0.25) is 4.79 Å². The Hall–Kier alpha value is -1.03. The van der Waals surface area contributed by atoms with Crippen molar-refractivity contribution in [1.29, 1.82) is 0 Å². The highest BCUT2D eigenvalue weighted by Gasteiger charge is 2.23. The van der Waals surface area contributed by atoms with Crippen LogP contribution in [0.25, 0.3) is 0 Å². The third-order valence-electron chi connectivity index (χ3n) is 2.91. The number of methoxy groups -OCH3 is 1. The van der Waals surface area contributed by atoms with Gasteiger partial charge in [0.2, 0.25) is 0 Å². The van der Waals surface area contributed by atoms with E-state index in [0.717, 1.165) is 18.6 Å². The number of benzene rings is 1. The Morgan fingerprint density at radius 2 is 2.29 bits per heavy atom. The topological polar surface area (TPSA) is 26.3 Å². The minimum Gasteiger partial charge on any atom is -0.494 e. The summed E-state index contributed by atoms with van der Waals surface area (Å²) >= 11 is 1.70. The summed E-state index contributed by atoms with van der Waals surface area (Å²) in [5, 5.41) is 0.0268. The molecule has 1 aliphatic rings. The number of Topliss-reactive ketones (excluding diaryl/α,β-unsaturated/α-hetero) is 1. The van der Waals surface area contributed by atoms with Crippen LogP contribution in [0.3, 0.4) is 0 Å². The van der Waals surface area contributed by atoms with Crippen molar-refractivity contribution in [1.82, 2.24) is 0 Å². The third kappa shape index (κ3) is 2.80. The summed E-state index contributed by atoms with van der Waals surface area (Å²) in [4.78, 5) is 12.2. The average Bonchev–Trinajstić information content (AvgIpc) is 2.39.